The molecule has 0 radical (unpaired) electrons. The molecule has 0 fully saturated rings. The fourth-order valence-corrected chi connectivity index (χ4v) is 1.47. The van der Waals surface area contributed by atoms with Crippen molar-refractivity contribution in [1.82, 2.24) is 0 Å². The molecule has 1 aliphatic heterocycles. The molecule has 0 aliphatic carbocycles. The molecule has 2 rings (SSSR count). The quantitative estimate of drug-likeness (QED) is 0.723. The van der Waals surface area contributed by atoms with E-state index in [2.05, 4.69) is 5.32 Å². The van der Waals surface area contributed by atoms with Gasteiger partial charge in [0, 0.05) is 27.1 Å². The zero-order valence-electron chi connectivity index (χ0n) is 7.94. The third kappa shape index (κ3) is 2.19. The molecule has 1 heterocycles. The van der Waals surface area contributed by atoms with Gasteiger partial charge in [-0.15, -0.1) is 0 Å². The minimum Gasteiger partial charge on any atom is -0.359 e. The van der Waals surface area contributed by atoms with Crippen LogP contribution in [0.25, 0.3) is 0 Å². The van der Waals surface area contributed by atoms with Gasteiger partial charge in [-0.05, 0) is 12.1 Å². The Hall–Kier alpha value is -1.64. The van der Waals surface area contributed by atoms with Crippen molar-refractivity contribution in [2.75, 3.05) is 18.4 Å². The Morgan fingerprint density at radius 1 is 1.21 bits per heavy atom. The lowest BCUT2D eigenvalue weighted by molar-refractivity contribution is -0.541. The average Bonchev–Trinajstić information content (AvgIpc) is 2.23. The van der Waals surface area contributed by atoms with Gasteiger partial charge >= 0.3 is 0 Å². The minimum absolute atomic E-state index is 0.495. The summed E-state index contributed by atoms with van der Waals surface area (Å²) in [5.74, 6) is 0. The van der Waals surface area contributed by atoms with E-state index in [1.165, 1.54) is 0 Å². The van der Waals surface area contributed by atoms with Crippen LogP contribution in [0, 0.1) is 4.91 Å². The molecule has 0 spiro atoms. The Morgan fingerprint density at radius 2 is 2.00 bits per heavy atom. The molecule has 3 nitrogen and oxygen atoms in total. The molecule has 0 unspecified atom stereocenters. The summed E-state index contributed by atoms with van der Waals surface area (Å²) in [7, 11) is 0. The lowest BCUT2D eigenvalue weighted by Crippen LogP contribution is -2.19. The van der Waals surface area contributed by atoms with E-state index in [4.69, 9.17) is 0 Å². The monoisotopic (exact) mass is 189 g/mol. The van der Waals surface area contributed by atoms with Crippen LogP contribution < -0.4 is 5.32 Å². The number of rotatable bonds is 2. The van der Waals surface area contributed by atoms with E-state index in [0.29, 0.717) is 13.1 Å². The first kappa shape index (κ1) is 8.94. The van der Waals surface area contributed by atoms with Crippen molar-refractivity contribution in [2.45, 2.75) is 6.42 Å². The lowest BCUT2D eigenvalue weighted by atomic mass is 10.2. The number of nitroso groups, excluding NO2 is 1. The summed E-state index contributed by atoms with van der Waals surface area (Å²) < 4.78 is 1.07. The third-order valence-corrected chi connectivity index (χ3v) is 2.25. The van der Waals surface area contributed by atoms with Gasteiger partial charge in [0.1, 0.15) is 0 Å². The zero-order chi connectivity index (χ0) is 9.80. The van der Waals surface area contributed by atoms with Crippen molar-refractivity contribution in [3.05, 3.63) is 47.0 Å². The van der Waals surface area contributed by atoms with Crippen molar-refractivity contribution < 1.29 is 4.76 Å². The van der Waals surface area contributed by atoms with Crippen LogP contribution in [0.5, 0.6) is 0 Å². The lowest BCUT2D eigenvalue weighted by Gasteiger charge is -2.11. The molecule has 0 saturated carbocycles. The molecule has 0 aromatic heterocycles. The van der Waals surface area contributed by atoms with E-state index < -0.39 is 0 Å². The van der Waals surface area contributed by atoms with Crippen LogP contribution in [0.15, 0.2) is 42.1 Å². The van der Waals surface area contributed by atoms with Crippen LogP contribution >= 0.6 is 0 Å². The van der Waals surface area contributed by atoms with Crippen LogP contribution in [-0.2, 0) is 0 Å². The molecular formula is C11H13N2O+. The predicted molar refractivity (Wildman–Crippen MR) is 56.1 cm³/mol. The number of anilines is 1. The Kier molecular flexibility index (Phi) is 2.58. The van der Waals surface area contributed by atoms with Crippen LogP contribution in [0.1, 0.15) is 6.42 Å². The SMILES string of the molecule is O=[N+]1CC=C(Nc2ccccc2)CC1. The molecule has 3 heteroatoms. The van der Waals surface area contributed by atoms with Gasteiger partial charge in [-0.1, -0.05) is 18.2 Å². The number of benzene rings is 1. The van der Waals surface area contributed by atoms with Gasteiger partial charge in [0.2, 0.25) is 6.54 Å². The average molecular weight is 189 g/mol. The molecule has 0 atom stereocenters. The number of nitrogens with one attached hydrogen (secondary N) is 1. The van der Waals surface area contributed by atoms with E-state index in [0.717, 1.165) is 22.6 Å². The Bertz CT molecular complexity index is 357. The Morgan fingerprint density at radius 3 is 2.64 bits per heavy atom. The highest BCUT2D eigenvalue weighted by atomic mass is 16.3. The number of para-hydroxylation sites is 1. The standard InChI is InChI=1S/C11H13N2O/c14-13-8-6-11(7-9-13)12-10-4-2-1-3-5-10/h1-6,12H,7-9H2/q+1. The van der Waals surface area contributed by atoms with Gasteiger partial charge in [-0.2, -0.15) is 0 Å². The molecular weight excluding hydrogens is 176 g/mol. The molecule has 1 N–H and O–H groups in total. The van der Waals surface area contributed by atoms with Gasteiger partial charge in [-0.3, -0.25) is 0 Å². The summed E-state index contributed by atoms with van der Waals surface area (Å²) in [5.41, 5.74) is 2.22. The summed E-state index contributed by atoms with van der Waals surface area (Å²) in [6.07, 6.45) is 2.75. The predicted octanol–water partition coefficient (Wildman–Crippen LogP) is 2.17. The smallest absolute Gasteiger partial charge is 0.212 e. The fourth-order valence-electron chi connectivity index (χ4n) is 1.47. The van der Waals surface area contributed by atoms with Crippen LogP contribution in [0.2, 0.25) is 0 Å². The summed E-state index contributed by atoms with van der Waals surface area (Å²) in [6.45, 7) is 1.08. The van der Waals surface area contributed by atoms with Gasteiger partial charge in [0.05, 0.1) is 6.42 Å². The second-order valence-corrected chi connectivity index (χ2v) is 3.36. The van der Waals surface area contributed by atoms with Gasteiger partial charge in [0.15, 0.2) is 6.54 Å². The first-order valence-corrected chi connectivity index (χ1v) is 4.78. The number of nitrogens with zero attached hydrogens (tertiary/aromatic N) is 1. The van der Waals surface area contributed by atoms with Crippen LogP contribution in [-0.4, -0.2) is 17.8 Å². The third-order valence-electron chi connectivity index (χ3n) is 2.25. The molecule has 1 aliphatic rings. The van der Waals surface area contributed by atoms with E-state index >= 15 is 0 Å². The first-order valence-electron chi connectivity index (χ1n) is 4.78. The molecule has 0 amide bonds. The summed E-state index contributed by atoms with van der Waals surface area (Å²) in [5, 5.41) is 3.30. The molecule has 72 valence electrons. The first-order chi connectivity index (χ1) is 6.84. The van der Waals surface area contributed by atoms with Gasteiger partial charge < -0.3 is 5.32 Å². The highest BCUT2D eigenvalue weighted by Crippen LogP contribution is 2.13. The topological polar surface area (TPSA) is 32.1 Å². The fraction of sp³-hybridized carbons (Fsp3) is 0.273. The zero-order valence-corrected chi connectivity index (χ0v) is 7.94. The second-order valence-electron chi connectivity index (χ2n) is 3.36. The number of hydrogen-bond donors (Lipinski definition) is 1. The maximum atomic E-state index is 10.9. The van der Waals surface area contributed by atoms with Crippen molar-refractivity contribution in [3.8, 4) is 0 Å². The summed E-state index contributed by atoms with van der Waals surface area (Å²) >= 11 is 0. The van der Waals surface area contributed by atoms with Crippen molar-refractivity contribution in [2.24, 2.45) is 0 Å². The van der Waals surface area contributed by atoms with Gasteiger partial charge in [0.25, 0.3) is 0 Å². The second kappa shape index (κ2) is 4.05. The molecule has 14 heavy (non-hydrogen) atoms. The van der Waals surface area contributed by atoms with Crippen LogP contribution in [0.3, 0.4) is 0 Å². The van der Waals surface area contributed by atoms with E-state index in [1.807, 2.05) is 36.4 Å². The Labute approximate surface area is 83.0 Å². The highest BCUT2D eigenvalue weighted by molar-refractivity contribution is 5.47. The van der Waals surface area contributed by atoms with Crippen molar-refractivity contribution in [3.63, 3.8) is 0 Å². The van der Waals surface area contributed by atoms with E-state index in [1.54, 1.807) is 0 Å². The number of hydrogen-bond acceptors (Lipinski definition) is 2. The Balaban J connectivity index is 2.02. The van der Waals surface area contributed by atoms with E-state index in [9.17, 15) is 4.91 Å². The molecule has 1 aromatic carbocycles. The van der Waals surface area contributed by atoms with Crippen molar-refractivity contribution in [1.29, 1.82) is 0 Å². The highest BCUT2D eigenvalue weighted by Gasteiger charge is 2.14. The van der Waals surface area contributed by atoms with Crippen LogP contribution in [0.4, 0.5) is 5.69 Å². The maximum absolute atomic E-state index is 10.9. The maximum Gasteiger partial charge on any atom is 0.212 e. The molecule has 1 aromatic rings. The van der Waals surface area contributed by atoms with E-state index in [-0.39, 0.29) is 0 Å². The van der Waals surface area contributed by atoms with Crippen molar-refractivity contribution >= 4 is 5.69 Å². The largest absolute Gasteiger partial charge is 0.359 e. The summed E-state index contributed by atoms with van der Waals surface area (Å²) in [4.78, 5) is 10.9. The van der Waals surface area contributed by atoms with Gasteiger partial charge in [-0.25, -0.2) is 0 Å². The molecule has 0 saturated heterocycles. The summed E-state index contributed by atoms with van der Waals surface area (Å²) in [6, 6.07) is 10.0. The minimum atomic E-state index is 0.495. The molecule has 0 bridgehead atoms. The normalized spacial score (nSPS) is 16.3.